The van der Waals surface area contributed by atoms with Gasteiger partial charge in [-0.2, -0.15) is 4.98 Å². The topological polar surface area (TPSA) is 74.2 Å². The van der Waals surface area contributed by atoms with E-state index in [0.717, 1.165) is 5.56 Å². The van der Waals surface area contributed by atoms with Crippen LogP contribution in [0.25, 0.3) is 11.5 Å². The average Bonchev–Trinajstić information content (AvgIpc) is 3.05. The van der Waals surface area contributed by atoms with Crippen molar-refractivity contribution in [3.63, 3.8) is 0 Å². The van der Waals surface area contributed by atoms with Crippen LogP contribution < -0.4 is 5.73 Å². The predicted octanol–water partition coefficient (Wildman–Crippen LogP) is 1.83. The van der Waals surface area contributed by atoms with Gasteiger partial charge in [-0.3, -0.25) is 0 Å². The van der Waals surface area contributed by atoms with Crippen LogP contribution >= 0.6 is 0 Å². The van der Waals surface area contributed by atoms with Crippen molar-refractivity contribution in [2.24, 2.45) is 5.73 Å². The fourth-order valence-electron chi connectivity index (χ4n) is 1.96. The Balaban J connectivity index is 1.92. The molecular weight excluding hydrogens is 230 g/mol. The molecule has 0 amide bonds. The molecule has 1 atom stereocenters. The maximum atomic E-state index is 5.59. The Morgan fingerprint density at radius 2 is 2.17 bits per heavy atom. The fraction of sp³-hybridized carbons (Fsp3) is 0.385. The zero-order valence-corrected chi connectivity index (χ0v) is 10.2. The van der Waals surface area contributed by atoms with Crippen molar-refractivity contribution in [2.75, 3.05) is 6.54 Å². The summed E-state index contributed by atoms with van der Waals surface area (Å²) in [5.41, 5.74) is 8.94. The lowest BCUT2D eigenvalue weighted by molar-refractivity contribution is 0.134. The predicted molar refractivity (Wildman–Crippen MR) is 65.7 cm³/mol. The smallest absolute Gasteiger partial charge is 0.257 e. The molecule has 2 aromatic rings. The van der Waals surface area contributed by atoms with Gasteiger partial charge < -0.3 is 15.0 Å². The van der Waals surface area contributed by atoms with Gasteiger partial charge in [0, 0.05) is 18.0 Å². The minimum Gasteiger partial charge on any atom is -0.372 e. The number of nitrogens with zero attached hydrogens (tertiary/aromatic N) is 2. The van der Waals surface area contributed by atoms with Crippen LogP contribution in [-0.2, 0) is 18.0 Å². The Kier molecular flexibility index (Phi) is 2.85. The van der Waals surface area contributed by atoms with Gasteiger partial charge in [-0.1, -0.05) is 18.1 Å². The first-order chi connectivity index (χ1) is 8.78. The molecule has 1 unspecified atom stereocenters. The molecule has 0 fully saturated rings. The second kappa shape index (κ2) is 4.51. The van der Waals surface area contributed by atoms with Crippen molar-refractivity contribution in [3.8, 4) is 11.5 Å². The van der Waals surface area contributed by atoms with E-state index in [1.165, 1.54) is 11.1 Å². The van der Waals surface area contributed by atoms with Gasteiger partial charge >= 0.3 is 0 Å². The van der Waals surface area contributed by atoms with Gasteiger partial charge in [0.25, 0.3) is 5.89 Å². The van der Waals surface area contributed by atoms with E-state index in [2.05, 4.69) is 10.1 Å². The van der Waals surface area contributed by atoms with Crippen LogP contribution in [0.5, 0.6) is 0 Å². The van der Waals surface area contributed by atoms with E-state index in [1.807, 2.05) is 25.1 Å². The minimum atomic E-state index is 0.111. The van der Waals surface area contributed by atoms with Crippen LogP contribution in [0.2, 0.25) is 0 Å². The fourth-order valence-corrected chi connectivity index (χ4v) is 1.96. The second-order valence-electron chi connectivity index (χ2n) is 4.57. The third-order valence-corrected chi connectivity index (χ3v) is 3.20. The second-order valence-corrected chi connectivity index (χ2v) is 4.57. The summed E-state index contributed by atoms with van der Waals surface area (Å²) in [5, 5.41) is 3.96. The Morgan fingerprint density at radius 1 is 1.33 bits per heavy atom. The van der Waals surface area contributed by atoms with Gasteiger partial charge in [-0.25, -0.2) is 0 Å². The summed E-state index contributed by atoms with van der Waals surface area (Å²) in [6.45, 7) is 3.83. The zero-order chi connectivity index (χ0) is 12.5. The molecule has 2 heterocycles. The molecule has 3 rings (SSSR count). The molecule has 1 aromatic heterocycles. The highest BCUT2D eigenvalue weighted by molar-refractivity contribution is 5.56. The number of benzene rings is 1. The van der Waals surface area contributed by atoms with Crippen molar-refractivity contribution in [1.29, 1.82) is 0 Å². The zero-order valence-electron chi connectivity index (χ0n) is 10.2. The summed E-state index contributed by atoms with van der Waals surface area (Å²) in [7, 11) is 0. The summed E-state index contributed by atoms with van der Waals surface area (Å²) in [6.07, 6.45) is 0. The van der Waals surface area contributed by atoms with E-state index in [1.54, 1.807) is 0 Å². The van der Waals surface area contributed by atoms with Crippen LogP contribution in [0.1, 0.15) is 29.8 Å². The quantitative estimate of drug-likeness (QED) is 0.892. The maximum absolute atomic E-state index is 5.59. The molecular formula is C13H15N3O2. The van der Waals surface area contributed by atoms with E-state index >= 15 is 0 Å². The third-order valence-electron chi connectivity index (χ3n) is 3.20. The first-order valence-corrected chi connectivity index (χ1v) is 6.01. The van der Waals surface area contributed by atoms with Crippen LogP contribution in [0.3, 0.4) is 0 Å². The molecule has 1 aromatic carbocycles. The number of aromatic nitrogens is 2. The van der Waals surface area contributed by atoms with Crippen LogP contribution in [0, 0.1) is 0 Å². The maximum Gasteiger partial charge on any atom is 0.257 e. The summed E-state index contributed by atoms with van der Waals surface area (Å²) in [6, 6.07) is 6.08. The van der Waals surface area contributed by atoms with Crippen LogP contribution in [-0.4, -0.2) is 16.7 Å². The molecule has 5 heteroatoms. The third kappa shape index (κ3) is 1.91. The highest BCUT2D eigenvalue weighted by Gasteiger charge is 2.16. The molecule has 0 spiro atoms. The molecule has 0 saturated heterocycles. The molecule has 0 saturated carbocycles. The highest BCUT2D eigenvalue weighted by atomic mass is 16.5. The molecule has 0 bridgehead atoms. The van der Waals surface area contributed by atoms with Crippen LogP contribution in [0.15, 0.2) is 22.7 Å². The number of ether oxygens (including phenoxy) is 1. The van der Waals surface area contributed by atoms with Gasteiger partial charge in [-0.05, 0) is 23.3 Å². The van der Waals surface area contributed by atoms with E-state index < -0.39 is 0 Å². The normalized spacial score (nSPS) is 15.7. The minimum absolute atomic E-state index is 0.111. The van der Waals surface area contributed by atoms with Crippen molar-refractivity contribution >= 4 is 0 Å². The van der Waals surface area contributed by atoms with Crippen molar-refractivity contribution in [3.05, 3.63) is 35.2 Å². The summed E-state index contributed by atoms with van der Waals surface area (Å²) >= 11 is 0. The van der Waals surface area contributed by atoms with Crippen molar-refractivity contribution < 1.29 is 9.26 Å². The standard InChI is InChI=1S/C13H15N3O2/c1-8(5-14)12-15-13(18-16-12)9-2-3-10-6-17-7-11(10)4-9/h2-4,8H,5-7,14H2,1H3. The van der Waals surface area contributed by atoms with E-state index in [4.69, 9.17) is 15.0 Å². The summed E-state index contributed by atoms with van der Waals surface area (Å²) in [4.78, 5) is 4.38. The number of nitrogens with two attached hydrogens (primary N) is 1. The number of rotatable bonds is 3. The summed E-state index contributed by atoms with van der Waals surface area (Å²) in [5.74, 6) is 1.31. The molecule has 1 aliphatic heterocycles. The van der Waals surface area contributed by atoms with E-state index in [0.29, 0.717) is 31.5 Å². The van der Waals surface area contributed by atoms with E-state index in [-0.39, 0.29) is 5.92 Å². The van der Waals surface area contributed by atoms with Crippen molar-refractivity contribution in [1.82, 2.24) is 10.1 Å². The molecule has 0 aliphatic carbocycles. The van der Waals surface area contributed by atoms with Crippen LogP contribution in [0.4, 0.5) is 0 Å². The van der Waals surface area contributed by atoms with Gasteiger partial charge in [0.15, 0.2) is 5.82 Å². The van der Waals surface area contributed by atoms with Gasteiger partial charge in [0.05, 0.1) is 13.2 Å². The van der Waals surface area contributed by atoms with E-state index in [9.17, 15) is 0 Å². The number of hydrogen-bond donors (Lipinski definition) is 1. The molecule has 94 valence electrons. The summed E-state index contributed by atoms with van der Waals surface area (Å²) < 4.78 is 10.7. The van der Waals surface area contributed by atoms with Gasteiger partial charge in [0.2, 0.25) is 0 Å². The lowest BCUT2D eigenvalue weighted by atomic mass is 10.1. The lowest BCUT2D eigenvalue weighted by Gasteiger charge is -2.00. The Labute approximate surface area is 105 Å². The first kappa shape index (κ1) is 11.4. The monoisotopic (exact) mass is 245 g/mol. The Bertz CT molecular complexity index is 565. The molecule has 0 radical (unpaired) electrons. The largest absolute Gasteiger partial charge is 0.372 e. The highest BCUT2D eigenvalue weighted by Crippen LogP contribution is 2.26. The Morgan fingerprint density at radius 3 is 3.00 bits per heavy atom. The molecule has 5 nitrogen and oxygen atoms in total. The lowest BCUT2D eigenvalue weighted by Crippen LogP contribution is -2.10. The molecule has 18 heavy (non-hydrogen) atoms. The average molecular weight is 245 g/mol. The number of hydrogen-bond acceptors (Lipinski definition) is 5. The van der Waals surface area contributed by atoms with Crippen molar-refractivity contribution in [2.45, 2.75) is 26.1 Å². The Hall–Kier alpha value is -1.72. The SMILES string of the molecule is CC(CN)c1noc(-c2ccc3c(c2)COC3)n1. The number of fused-ring (bicyclic) bond motifs is 1. The first-order valence-electron chi connectivity index (χ1n) is 6.01. The van der Waals surface area contributed by atoms with Gasteiger partial charge in [-0.15, -0.1) is 0 Å². The molecule has 2 N–H and O–H groups in total. The van der Waals surface area contributed by atoms with Gasteiger partial charge in [0.1, 0.15) is 0 Å². The molecule has 1 aliphatic rings.